The molecule has 0 atom stereocenters. The Morgan fingerprint density at radius 1 is 1.44 bits per heavy atom. The molecular weight excluding hydrogens is 224 g/mol. The van der Waals surface area contributed by atoms with Crippen LogP contribution < -0.4 is 5.32 Å². The summed E-state index contributed by atoms with van der Waals surface area (Å²) in [4.78, 5) is 8.61. The van der Waals surface area contributed by atoms with Crippen LogP contribution in [0, 0.1) is 11.3 Å². The van der Waals surface area contributed by atoms with Crippen LogP contribution in [-0.2, 0) is 0 Å². The van der Waals surface area contributed by atoms with Crippen LogP contribution in [0.15, 0.2) is 18.8 Å². The van der Waals surface area contributed by atoms with Crippen molar-refractivity contribution in [2.45, 2.75) is 38.6 Å². The van der Waals surface area contributed by atoms with Crippen molar-refractivity contribution < 1.29 is 0 Å². The van der Waals surface area contributed by atoms with Gasteiger partial charge < -0.3 is 10.7 Å². The quantitative estimate of drug-likeness (QED) is 0.800. The smallest absolute Gasteiger partial charge is 0.223 e. The van der Waals surface area contributed by atoms with Gasteiger partial charge in [-0.1, -0.05) is 13.5 Å². The predicted octanol–water partition coefficient (Wildman–Crippen LogP) is 3.13. The maximum Gasteiger partial charge on any atom is 0.223 e. The van der Waals surface area contributed by atoms with E-state index in [-0.39, 0.29) is 0 Å². The van der Waals surface area contributed by atoms with Crippen LogP contribution in [0.1, 0.15) is 38.3 Å². The molecule has 2 rings (SSSR count). The minimum atomic E-state index is 0.477. The first kappa shape index (κ1) is 12.7. The molecule has 0 spiro atoms. The predicted molar refractivity (Wildman–Crippen MR) is 74.9 cm³/mol. The molecule has 0 bridgehead atoms. The average molecular weight is 244 g/mol. The van der Waals surface area contributed by atoms with Crippen LogP contribution in [0.5, 0.6) is 0 Å². The third kappa shape index (κ3) is 3.15. The van der Waals surface area contributed by atoms with Gasteiger partial charge in [-0.05, 0) is 37.7 Å². The molecule has 1 aliphatic carbocycles. The van der Waals surface area contributed by atoms with Gasteiger partial charge in [0.2, 0.25) is 5.95 Å². The lowest BCUT2D eigenvalue weighted by atomic mass is 9.87. The Bertz CT molecular complexity index is 433. The molecule has 1 aliphatic rings. The number of allylic oxidation sites excluding steroid dienone is 1. The average Bonchev–Trinajstić information content (AvgIpc) is 2.41. The number of rotatable bonds is 4. The topological polar surface area (TPSA) is 61.7 Å². The molecule has 0 unspecified atom stereocenters. The van der Waals surface area contributed by atoms with Gasteiger partial charge in [0.1, 0.15) is 0 Å². The van der Waals surface area contributed by atoms with E-state index < -0.39 is 0 Å². The van der Waals surface area contributed by atoms with E-state index >= 15 is 0 Å². The van der Waals surface area contributed by atoms with E-state index in [2.05, 4.69) is 28.8 Å². The first-order valence-electron chi connectivity index (χ1n) is 6.48. The van der Waals surface area contributed by atoms with E-state index in [1.807, 2.05) is 0 Å². The van der Waals surface area contributed by atoms with Crippen molar-refractivity contribution >= 4 is 17.7 Å². The van der Waals surface area contributed by atoms with Gasteiger partial charge in [0.15, 0.2) is 0 Å². The molecule has 18 heavy (non-hydrogen) atoms. The van der Waals surface area contributed by atoms with Crippen LogP contribution in [0.4, 0.5) is 5.95 Å². The van der Waals surface area contributed by atoms with Crippen LogP contribution >= 0.6 is 0 Å². The summed E-state index contributed by atoms with van der Waals surface area (Å²) in [6, 6.07) is 2.26. The lowest BCUT2D eigenvalue weighted by Crippen LogP contribution is -2.26. The van der Waals surface area contributed by atoms with E-state index in [1.54, 1.807) is 12.3 Å². The largest absolute Gasteiger partial charge is 0.351 e. The monoisotopic (exact) mass is 244 g/mol. The van der Waals surface area contributed by atoms with Crippen molar-refractivity contribution in [3.8, 4) is 0 Å². The second-order valence-corrected chi connectivity index (χ2v) is 5.04. The number of aromatic nitrogens is 2. The van der Waals surface area contributed by atoms with Crippen LogP contribution in [-0.4, -0.2) is 22.2 Å². The fourth-order valence-corrected chi connectivity index (χ4v) is 2.27. The number of anilines is 1. The van der Waals surface area contributed by atoms with E-state index in [9.17, 15) is 0 Å². The summed E-state index contributed by atoms with van der Waals surface area (Å²) in [6.07, 6.45) is 7.83. The molecule has 0 aliphatic heterocycles. The van der Waals surface area contributed by atoms with Gasteiger partial charge in [-0.25, -0.2) is 9.97 Å². The van der Waals surface area contributed by atoms with Gasteiger partial charge >= 0.3 is 0 Å². The molecule has 1 fully saturated rings. The second-order valence-electron chi connectivity index (χ2n) is 5.04. The molecule has 4 nitrogen and oxygen atoms in total. The molecule has 0 saturated heterocycles. The number of hydrogen-bond donors (Lipinski definition) is 2. The number of nitrogens with zero attached hydrogens (tertiary/aromatic N) is 2. The van der Waals surface area contributed by atoms with Gasteiger partial charge in [-0.15, -0.1) is 0 Å². The highest BCUT2D eigenvalue weighted by Gasteiger charge is 2.18. The van der Waals surface area contributed by atoms with Crippen molar-refractivity contribution in [2.24, 2.45) is 5.92 Å². The second kappa shape index (κ2) is 5.76. The molecule has 0 aromatic carbocycles. The van der Waals surface area contributed by atoms with Gasteiger partial charge in [-0.2, -0.15) is 0 Å². The van der Waals surface area contributed by atoms with Crippen LogP contribution in [0.25, 0.3) is 5.57 Å². The third-order valence-corrected chi connectivity index (χ3v) is 3.51. The summed E-state index contributed by atoms with van der Waals surface area (Å²) in [5, 5.41) is 10.6. The Hall–Kier alpha value is -1.71. The minimum absolute atomic E-state index is 0.477. The van der Waals surface area contributed by atoms with E-state index in [0.717, 1.165) is 5.92 Å². The molecule has 1 aromatic rings. The summed E-state index contributed by atoms with van der Waals surface area (Å²) in [5.41, 5.74) is 1.32. The van der Waals surface area contributed by atoms with Crippen molar-refractivity contribution in [3.05, 3.63) is 24.5 Å². The fourth-order valence-electron chi connectivity index (χ4n) is 2.27. The van der Waals surface area contributed by atoms with Crippen molar-refractivity contribution in [1.82, 2.24) is 9.97 Å². The van der Waals surface area contributed by atoms with Gasteiger partial charge in [-0.3, -0.25) is 0 Å². The molecule has 4 heteroatoms. The van der Waals surface area contributed by atoms with Crippen LogP contribution in [0.3, 0.4) is 0 Å². The zero-order chi connectivity index (χ0) is 13.0. The fraction of sp³-hybridized carbons (Fsp3) is 0.500. The molecule has 1 heterocycles. The van der Waals surface area contributed by atoms with Gasteiger partial charge in [0, 0.05) is 24.0 Å². The molecule has 1 aromatic heterocycles. The molecule has 1 saturated carbocycles. The van der Waals surface area contributed by atoms with E-state index in [1.165, 1.54) is 31.9 Å². The first-order valence-corrected chi connectivity index (χ1v) is 6.48. The zero-order valence-corrected chi connectivity index (χ0v) is 10.8. The number of hydrogen-bond acceptors (Lipinski definition) is 4. The Balaban J connectivity index is 2.01. The standard InChI is InChI=1S/C14H20N4/c1-10-3-5-12(6-4-10)17-14-16-8-7-13(18-14)11(2)9-15/h7-10,12,15H,2-6H2,1H3,(H,16,17,18). The SMILES string of the molecule is C=C(C=N)c1ccnc(NC2CCC(C)CC2)n1. The first-order chi connectivity index (χ1) is 8.69. The maximum absolute atomic E-state index is 7.19. The summed E-state index contributed by atoms with van der Waals surface area (Å²) in [5.74, 6) is 1.49. The lowest BCUT2D eigenvalue weighted by Gasteiger charge is -2.26. The highest BCUT2D eigenvalue weighted by molar-refractivity contribution is 6.06. The summed E-state index contributed by atoms with van der Waals surface area (Å²) in [6.45, 7) is 6.09. The van der Waals surface area contributed by atoms with Crippen molar-refractivity contribution in [2.75, 3.05) is 5.32 Å². The summed E-state index contributed by atoms with van der Waals surface area (Å²) in [7, 11) is 0. The van der Waals surface area contributed by atoms with Crippen molar-refractivity contribution in [3.63, 3.8) is 0 Å². The summed E-state index contributed by atoms with van der Waals surface area (Å²) < 4.78 is 0. The van der Waals surface area contributed by atoms with E-state index in [0.29, 0.717) is 23.3 Å². The molecule has 96 valence electrons. The van der Waals surface area contributed by atoms with E-state index in [4.69, 9.17) is 5.41 Å². The Morgan fingerprint density at radius 3 is 2.83 bits per heavy atom. The highest BCUT2D eigenvalue weighted by atomic mass is 15.1. The molecular formula is C14H20N4. The van der Waals surface area contributed by atoms with Gasteiger partial charge in [0.05, 0.1) is 5.69 Å². The van der Waals surface area contributed by atoms with Gasteiger partial charge in [0.25, 0.3) is 0 Å². The summed E-state index contributed by atoms with van der Waals surface area (Å²) >= 11 is 0. The maximum atomic E-state index is 7.19. The minimum Gasteiger partial charge on any atom is -0.351 e. The molecule has 2 N–H and O–H groups in total. The number of nitrogens with one attached hydrogen (secondary N) is 2. The Labute approximate surface area is 108 Å². The lowest BCUT2D eigenvalue weighted by molar-refractivity contribution is 0.360. The zero-order valence-electron chi connectivity index (χ0n) is 10.8. The molecule has 0 radical (unpaired) electrons. The third-order valence-electron chi connectivity index (χ3n) is 3.51. The van der Waals surface area contributed by atoms with Crippen LogP contribution in [0.2, 0.25) is 0 Å². The van der Waals surface area contributed by atoms with Crippen molar-refractivity contribution in [1.29, 1.82) is 5.41 Å². The Kier molecular flexibility index (Phi) is 4.07. The molecule has 0 amide bonds. The normalized spacial score (nSPS) is 23.4. The highest BCUT2D eigenvalue weighted by Crippen LogP contribution is 2.25. The Morgan fingerprint density at radius 2 is 2.17 bits per heavy atom.